The van der Waals surface area contributed by atoms with Crippen LogP contribution < -0.4 is 0 Å². The summed E-state index contributed by atoms with van der Waals surface area (Å²) in [6.07, 6.45) is 5.51. The molecule has 0 amide bonds. The van der Waals surface area contributed by atoms with Gasteiger partial charge in [0.25, 0.3) is 0 Å². The quantitative estimate of drug-likeness (QED) is 0.657. The fourth-order valence-electron chi connectivity index (χ4n) is 8.59. The third-order valence-corrected chi connectivity index (χ3v) is 8.51. The van der Waals surface area contributed by atoms with Gasteiger partial charge in [0, 0.05) is 18.3 Å². The number of nitrogens with zero attached hydrogens (tertiary/aromatic N) is 1. The van der Waals surface area contributed by atoms with Crippen LogP contribution in [0.25, 0.3) is 0 Å². The molecule has 1 spiro atoms. The highest BCUT2D eigenvalue weighted by Gasteiger charge is 2.86. The largest absolute Gasteiger partial charge is 0.392 e. The van der Waals surface area contributed by atoms with E-state index in [-0.39, 0.29) is 17.6 Å². The molecule has 0 radical (unpaired) electrons. The summed E-state index contributed by atoms with van der Waals surface area (Å²) in [5, 5.41) is 21.6. The number of quaternary nitrogens is 1. The maximum atomic E-state index is 11.1. The Morgan fingerprint density at radius 2 is 1.85 bits per heavy atom. The van der Waals surface area contributed by atoms with Gasteiger partial charge in [0.15, 0.2) is 0 Å². The van der Waals surface area contributed by atoms with Gasteiger partial charge in [-0.15, -0.1) is 0 Å². The molecule has 3 aliphatic carbocycles. The zero-order valence-electron chi connectivity index (χ0n) is 12.8. The van der Waals surface area contributed by atoms with Crippen LogP contribution in [0.15, 0.2) is 0 Å². The molecule has 112 valence electrons. The molecule has 5 rings (SSSR count). The lowest BCUT2D eigenvalue weighted by Gasteiger charge is -2.66. The lowest BCUT2D eigenvalue weighted by atomic mass is 9.47. The van der Waals surface area contributed by atoms with Gasteiger partial charge in [-0.1, -0.05) is 6.92 Å². The fraction of sp³-hybridized carbons (Fsp3) is 1.00. The first-order chi connectivity index (χ1) is 9.43. The summed E-state index contributed by atoms with van der Waals surface area (Å²) in [5.74, 6) is 3.05. The van der Waals surface area contributed by atoms with E-state index in [1.54, 1.807) is 0 Å². The van der Waals surface area contributed by atoms with E-state index in [1.165, 1.54) is 25.8 Å². The molecule has 3 saturated carbocycles. The van der Waals surface area contributed by atoms with Gasteiger partial charge >= 0.3 is 0 Å². The standard InChI is InChI=1S/C17H28NO2/c1-10-3-11-4-15(20)16-7-13(19)9-18(2)8-12(16)5-14(11)17(16,18)6-10/h10-15,19-20H,3-9H2,1-2H3/q+1/t10-,11+,12+,13+,14-,15-,16+,17-,18?/m1/s1. The molecule has 3 nitrogen and oxygen atoms in total. The average molecular weight is 278 g/mol. The third-order valence-electron chi connectivity index (χ3n) is 8.51. The highest BCUT2D eigenvalue weighted by molar-refractivity contribution is 5.26. The summed E-state index contributed by atoms with van der Waals surface area (Å²) in [6.45, 7) is 4.57. The fourth-order valence-corrected chi connectivity index (χ4v) is 8.59. The molecule has 3 heteroatoms. The Bertz CT molecular complexity index is 482. The lowest BCUT2D eigenvalue weighted by Crippen LogP contribution is -2.77. The van der Waals surface area contributed by atoms with E-state index >= 15 is 0 Å². The molecule has 2 heterocycles. The molecule has 0 aromatic carbocycles. The van der Waals surface area contributed by atoms with Crippen molar-refractivity contribution in [3.05, 3.63) is 0 Å². The van der Waals surface area contributed by atoms with Gasteiger partial charge in [-0.25, -0.2) is 0 Å². The first kappa shape index (κ1) is 12.4. The number of rotatable bonds is 0. The van der Waals surface area contributed by atoms with E-state index < -0.39 is 0 Å². The van der Waals surface area contributed by atoms with Gasteiger partial charge in [-0.2, -0.15) is 0 Å². The van der Waals surface area contributed by atoms with Crippen LogP contribution in [0.4, 0.5) is 0 Å². The Labute approximate surface area is 121 Å². The van der Waals surface area contributed by atoms with Crippen LogP contribution in [-0.2, 0) is 0 Å². The lowest BCUT2D eigenvalue weighted by molar-refractivity contribution is -0.970. The highest BCUT2D eigenvalue weighted by Crippen LogP contribution is 2.77. The van der Waals surface area contributed by atoms with Crippen LogP contribution in [0.1, 0.15) is 39.0 Å². The van der Waals surface area contributed by atoms with Crippen LogP contribution in [0.2, 0.25) is 0 Å². The molecule has 1 unspecified atom stereocenters. The van der Waals surface area contributed by atoms with Gasteiger partial charge in [-0.3, -0.25) is 0 Å². The normalized spacial score (nSPS) is 70.2. The Morgan fingerprint density at radius 1 is 1.05 bits per heavy atom. The maximum Gasteiger partial charge on any atom is 0.111 e. The predicted octanol–water partition coefficient (Wildman–Crippen LogP) is 1.38. The molecule has 2 N–H and O–H groups in total. The van der Waals surface area contributed by atoms with E-state index in [0.717, 1.165) is 41.6 Å². The zero-order chi connectivity index (χ0) is 13.9. The van der Waals surface area contributed by atoms with Crippen molar-refractivity contribution in [1.82, 2.24) is 0 Å². The van der Waals surface area contributed by atoms with Crippen molar-refractivity contribution in [3.8, 4) is 0 Å². The minimum Gasteiger partial charge on any atom is -0.392 e. The average Bonchev–Trinajstić information content (AvgIpc) is 2.60. The van der Waals surface area contributed by atoms with Crippen molar-refractivity contribution >= 4 is 0 Å². The molecule has 9 atom stereocenters. The molecule has 6 bridgehead atoms. The molecule has 5 fully saturated rings. The Morgan fingerprint density at radius 3 is 2.65 bits per heavy atom. The van der Waals surface area contributed by atoms with Crippen LogP contribution in [0, 0.1) is 29.1 Å². The van der Waals surface area contributed by atoms with Crippen LogP contribution in [0.3, 0.4) is 0 Å². The summed E-state index contributed by atoms with van der Waals surface area (Å²) >= 11 is 0. The topological polar surface area (TPSA) is 40.5 Å². The van der Waals surface area contributed by atoms with E-state index in [2.05, 4.69) is 14.0 Å². The number of aliphatic hydroxyl groups excluding tert-OH is 2. The minimum atomic E-state index is -0.196. The van der Waals surface area contributed by atoms with Crippen LogP contribution >= 0.6 is 0 Å². The van der Waals surface area contributed by atoms with Gasteiger partial charge < -0.3 is 14.7 Å². The Hall–Kier alpha value is -0.120. The molecule has 20 heavy (non-hydrogen) atoms. The van der Waals surface area contributed by atoms with Crippen LogP contribution in [-0.4, -0.2) is 52.6 Å². The molecule has 5 aliphatic rings. The number of hydrogen-bond acceptors (Lipinski definition) is 2. The molecule has 2 aliphatic heterocycles. The van der Waals surface area contributed by atoms with Crippen molar-refractivity contribution in [1.29, 1.82) is 0 Å². The number of aliphatic hydroxyl groups is 2. The van der Waals surface area contributed by atoms with Gasteiger partial charge in [0.2, 0.25) is 0 Å². The van der Waals surface area contributed by atoms with Crippen molar-refractivity contribution < 1.29 is 14.7 Å². The number of likely N-dealkylation sites (N-methyl/N-ethyl adjacent to an activating group) is 1. The summed E-state index contributed by atoms with van der Waals surface area (Å²) in [6, 6.07) is 0. The Balaban J connectivity index is 1.77. The summed E-state index contributed by atoms with van der Waals surface area (Å²) in [5.41, 5.74) is 0.353. The highest BCUT2D eigenvalue weighted by atomic mass is 16.3. The number of piperidine rings is 2. The smallest absolute Gasteiger partial charge is 0.111 e. The van der Waals surface area contributed by atoms with Crippen molar-refractivity contribution in [2.24, 2.45) is 29.1 Å². The molecular formula is C17H28NO2+. The maximum absolute atomic E-state index is 11.1. The van der Waals surface area contributed by atoms with Crippen LogP contribution in [0.5, 0.6) is 0 Å². The summed E-state index contributed by atoms with van der Waals surface area (Å²) in [7, 11) is 2.40. The SMILES string of the molecule is C[C@@H]1C[C@H]2C[C@@H](O)[C@]34C[C@H](O)C[N+]5(C)C[C@@H]3C[C@H]2[C@]45C1. The van der Waals surface area contributed by atoms with Gasteiger partial charge in [0.1, 0.15) is 18.2 Å². The molecule has 0 aromatic heterocycles. The minimum absolute atomic E-state index is 0.0509. The first-order valence-electron chi connectivity index (χ1n) is 8.64. The van der Waals surface area contributed by atoms with Crippen molar-refractivity contribution in [2.45, 2.75) is 56.8 Å². The van der Waals surface area contributed by atoms with Crippen molar-refractivity contribution in [3.63, 3.8) is 0 Å². The van der Waals surface area contributed by atoms with E-state index in [4.69, 9.17) is 0 Å². The second-order valence-electron chi connectivity index (χ2n) is 9.18. The molecule has 2 saturated heterocycles. The second-order valence-corrected chi connectivity index (χ2v) is 9.18. The zero-order valence-corrected chi connectivity index (χ0v) is 12.8. The van der Waals surface area contributed by atoms with Gasteiger partial charge in [0.05, 0.1) is 25.1 Å². The predicted molar refractivity (Wildman–Crippen MR) is 75.8 cm³/mol. The van der Waals surface area contributed by atoms with Crippen molar-refractivity contribution in [2.75, 3.05) is 20.1 Å². The van der Waals surface area contributed by atoms with E-state index in [9.17, 15) is 10.2 Å². The second kappa shape index (κ2) is 3.28. The van der Waals surface area contributed by atoms with E-state index in [1.807, 2.05) is 0 Å². The number of hydrogen-bond donors (Lipinski definition) is 2. The summed E-state index contributed by atoms with van der Waals surface area (Å²) < 4.78 is 1.07. The van der Waals surface area contributed by atoms with E-state index in [0.29, 0.717) is 11.5 Å². The summed E-state index contributed by atoms with van der Waals surface area (Å²) in [4.78, 5) is 0. The molecule has 0 aromatic rings. The first-order valence-corrected chi connectivity index (χ1v) is 8.64. The Kier molecular flexibility index (Phi) is 2.04. The third kappa shape index (κ3) is 0.986. The monoisotopic (exact) mass is 278 g/mol. The molecular weight excluding hydrogens is 250 g/mol. The van der Waals surface area contributed by atoms with Gasteiger partial charge in [-0.05, 0) is 37.5 Å².